The van der Waals surface area contributed by atoms with Crippen molar-refractivity contribution in [1.82, 2.24) is 24.3 Å². The van der Waals surface area contributed by atoms with E-state index in [0.29, 0.717) is 6.04 Å². The predicted molar refractivity (Wildman–Crippen MR) is 94.6 cm³/mol. The summed E-state index contributed by atoms with van der Waals surface area (Å²) in [6.45, 7) is 14.0. The van der Waals surface area contributed by atoms with Crippen LogP contribution in [0.1, 0.15) is 38.2 Å². The average Bonchev–Trinajstić information content (AvgIpc) is 3.12. The Labute approximate surface area is 141 Å². The van der Waals surface area contributed by atoms with Gasteiger partial charge in [-0.15, -0.1) is 0 Å². The van der Waals surface area contributed by atoms with E-state index in [4.69, 9.17) is 4.98 Å². The standard InChI is InChI=1S/C18H33N5/c1-16(2)20(3)15-17-14-19-18-6-9-22(12-13-23(17)18)11-10-21-7-4-5-8-21/h14,16H,4-13,15H2,1-3H3. The van der Waals surface area contributed by atoms with Crippen molar-refractivity contribution in [2.45, 2.75) is 52.2 Å². The Bertz CT molecular complexity index is 490. The van der Waals surface area contributed by atoms with Crippen LogP contribution in [0.3, 0.4) is 0 Å². The van der Waals surface area contributed by atoms with Crippen molar-refractivity contribution in [2.24, 2.45) is 0 Å². The quantitative estimate of drug-likeness (QED) is 0.797. The molecule has 2 aliphatic heterocycles. The van der Waals surface area contributed by atoms with Gasteiger partial charge >= 0.3 is 0 Å². The molecule has 0 unspecified atom stereocenters. The van der Waals surface area contributed by atoms with Gasteiger partial charge in [0.15, 0.2) is 0 Å². The van der Waals surface area contributed by atoms with Gasteiger partial charge in [-0.3, -0.25) is 9.80 Å². The van der Waals surface area contributed by atoms with Crippen molar-refractivity contribution in [3.05, 3.63) is 17.7 Å². The zero-order valence-corrected chi connectivity index (χ0v) is 15.2. The van der Waals surface area contributed by atoms with Crippen LogP contribution in [0.15, 0.2) is 6.20 Å². The molecule has 0 aliphatic carbocycles. The van der Waals surface area contributed by atoms with E-state index >= 15 is 0 Å². The van der Waals surface area contributed by atoms with Crippen LogP contribution in [-0.2, 0) is 19.5 Å². The Kier molecular flexibility index (Phi) is 5.72. The SMILES string of the molecule is CC(C)N(C)Cc1cnc2n1CCN(CCN1CCCC1)CC2. The predicted octanol–water partition coefficient (Wildman–Crippen LogP) is 1.68. The van der Waals surface area contributed by atoms with Gasteiger partial charge in [-0.2, -0.15) is 0 Å². The lowest BCUT2D eigenvalue weighted by Gasteiger charge is -2.24. The first-order valence-electron chi connectivity index (χ1n) is 9.31. The number of imidazole rings is 1. The van der Waals surface area contributed by atoms with Gasteiger partial charge in [-0.1, -0.05) is 0 Å². The van der Waals surface area contributed by atoms with Crippen molar-refractivity contribution in [1.29, 1.82) is 0 Å². The largest absolute Gasteiger partial charge is 0.329 e. The van der Waals surface area contributed by atoms with E-state index in [1.807, 2.05) is 0 Å². The Hall–Kier alpha value is -0.910. The number of fused-ring (bicyclic) bond motifs is 1. The lowest BCUT2D eigenvalue weighted by Crippen LogP contribution is -2.35. The maximum absolute atomic E-state index is 4.70. The van der Waals surface area contributed by atoms with Crippen LogP contribution in [0.4, 0.5) is 0 Å². The van der Waals surface area contributed by atoms with Crippen LogP contribution in [0, 0.1) is 0 Å². The molecule has 1 aromatic heterocycles. The van der Waals surface area contributed by atoms with Crippen molar-refractivity contribution in [3.63, 3.8) is 0 Å². The highest BCUT2D eigenvalue weighted by Gasteiger charge is 2.19. The molecule has 1 fully saturated rings. The number of rotatable bonds is 6. The van der Waals surface area contributed by atoms with Crippen molar-refractivity contribution in [2.75, 3.05) is 46.3 Å². The number of likely N-dealkylation sites (tertiary alicyclic amines) is 1. The second kappa shape index (κ2) is 7.77. The fraction of sp³-hybridized carbons (Fsp3) is 0.833. The molecule has 0 radical (unpaired) electrons. The lowest BCUT2D eigenvalue weighted by atomic mass is 10.3. The first-order valence-corrected chi connectivity index (χ1v) is 9.31. The third-order valence-electron chi connectivity index (χ3n) is 5.54. The van der Waals surface area contributed by atoms with Gasteiger partial charge in [0.25, 0.3) is 0 Å². The number of hydrogen-bond donors (Lipinski definition) is 0. The molecule has 0 saturated carbocycles. The minimum absolute atomic E-state index is 0.573. The van der Waals surface area contributed by atoms with Gasteiger partial charge in [0.2, 0.25) is 0 Å². The third-order valence-corrected chi connectivity index (χ3v) is 5.54. The van der Waals surface area contributed by atoms with Crippen LogP contribution in [0.5, 0.6) is 0 Å². The Morgan fingerprint density at radius 2 is 1.74 bits per heavy atom. The van der Waals surface area contributed by atoms with E-state index < -0.39 is 0 Å². The van der Waals surface area contributed by atoms with Crippen LogP contribution in [0.2, 0.25) is 0 Å². The number of aromatic nitrogens is 2. The van der Waals surface area contributed by atoms with E-state index in [-0.39, 0.29) is 0 Å². The summed E-state index contributed by atoms with van der Waals surface area (Å²) < 4.78 is 2.47. The van der Waals surface area contributed by atoms with Gasteiger partial charge in [-0.05, 0) is 46.8 Å². The fourth-order valence-corrected chi connectivity index (χ4v) is 3.61. The third kappa shape index (κ3) is 4.34. The Morgan fingerprint density at radius 3 is 2.43 bits per heavy atom. The summed E-state index contributed by atoms with van der Waals surface area (Å²) in [6, 6.07) is 0.573. The highest BCUT2D eigenvalue weighted by molar-refractivity contribution is 5.07. The summed E-state index contributed by atoms with van der Waals surface area (Å²) >= 11 is 0. The second-order valence-corrected chi connectivity index (χ2v) is 7.47. The molecule has 5 nitrogen and oxygen atoms in total. The molecule has 0 spiro atoms. The van der Waals surface area contributed by atoms with Gasteiger partial charge in [0, 0.05) is 57.9 Å². The highest BCUT2D eigenvalue weighted by atomic mass is 15.2. The summed E-state index contributed by atoms with van der Waals surface area (Å²) in [5.74, 6) is 1.28. The zero-order valence-electron chi connectivity index (χ0n) is 15.2. The Balaban J connectivity index is 1.54. The van der Waals surface area contributed by atoms with Crippen molar-refractivity contribution >= 4 is 0 Å². The average molecular weight is 319 g/mol. The molecule has 1 aromatic rings. The molecule has 0 N–H and O–H groups in total. The summed E-state index contributed by atoms with van der Waals surface area (Å²) in [5.41, 5.74) is 1.37. The molecule has 130 valence electrons. The first kappa shape index (κ1) is 16.9. The molecule has 5 heteroatoms. The molecule has 0 bridgehead atoms. The maximum atomic E-state index is 4.70. The summed E-state index contributed by atoms with van der Waals surface area (Å²) in [5, 5.41) is 0. The van der Waals surface area contributed by atoms with Crippen LogP contribution in [0.25, 0.3) is 0 Å². The molecule has 3 heterocycles. The molecular formula is C18H33N5. The molecular weight excluding hydrogens is 286 g/mol. The first-order chi connectivity index (χ1) is 11.1. The van der Waals surface area contributed by atoms with Crippen LogP contribution >= 0.6 is 0 Å². The topological polar surface area (TPSA) is 27.5 Å². The maximum Gasteiger partial charge on any atom is 0.110 e. The molecule has 1 saturated heterocycles. The second-order valence-electron chi connectivity index (χ2n) is 7.47. The van der Waals surface area contributed by atoms with E-state index in [9.17, 15) is 0 Å². The molecule has 0 aromatic carbocycles. The molecule has 3 rings (SSSR count). The van der Waals surface area contributed by atoms with Gasteiger partial charge in [-0.25, -0.2) is 4.98 Å². The van der Waals surface area contributed by atoms with Crippen LogP contribution in [-0.4, -0.2) is 76.6 Å². The summed E-state index contributed by atoms with van der Waals surface area (Å²) in [7, 11) is 2.20. The monoisotopic (exact) mass is 319 g/mol. The van der Waals surface area contributed by atoms with E-state index in [2.05, 4.69) is 46.4 Å². The van der Waals surface area contributed by atoms with Gasteiger partial charge in [0.1, 0.15) is 5.82 Å². The van der Waals surface area contributed by atoms with E-state index in [0.717, 1.165) is 32.6 Å². The van der Waals surface area contributed by atoms with Crippen LogP contribution < -0.4 is 0 Å². The molecule has 23 heavy (non-hydrogen) atoms. The molecule has 0 amide bonds. The number of hydrogen-bond acceptors (Lipinski definition) is 4. The fourth-order valence-electron chi connectivity index (χ4n) is 3.61. The smallest absolute Gasteiger partial charge is 0.110 e. The van der Waals surface area contributed by atoms with Gasteiger partial charge < -0.3 is 9.47 Å². The number of nitrogens with zero attached hydrogens (tertiary/aromatic N) is 5. The van der Waals surface area contributed by atoms with Crippen molar-refractivity contribution in [3.8, 4) is 0 Å². The van der Waals surface area contributed by atoms with E-state index in [1.54, 1.807) is 0 Å². The lowest BCUT2D eigenvalue weighted by molar-refractivity contribution is 0.226. The summed E-state index contributed by atoms with van der Waals surface area (Å²) in [4.78, 5) is 12.3. The molecule has 2 aliphatic rings. The van der Waals surface area contributed by atoms with Gasteiger partial charge in [0.05, 0.1) is 5.69 Å². The normalized spacial score (nSPS) is 20.4. The molecule has 0 atom stereocenters. The minimum atomic E-state index is 0.573. The minimum Gasteiger partial charge on any atom is -0.329 e. The Morgan fingerprint density at radius 1 is 1.04 bits per heavy atom. The zero-order chi connectivity index (χ0) is 16.2. The summed E-state index contributed by atoms with van der Waals surface area (Å²) in [6.07, 6.45) is 5.96. The van der Waals surface area contributed by atoms with Crippen molar-refractivity contribution < 1.29 is 0 Å². The highest BCUT2D eigenvalue weighted by Crippen LogP contribution is 2.14. The van der Waals surface area contributed by atoms with E-state index in [1.165, 1.54) is 50.5 Å².